The highest BCUT2D eigenvalue weighted by molar-refractivity contribution is 7.99. The average molecular weight is 523 g/mol. The number of carbonyl (C=O) groups is 1. The van der Waals surface area contributed by atoms with Gasteiger partial charge in [-0.25, -0.2) is 9.97 Å². The van der Waals surface area contributed by atoms with Gasteiger partial charge in [-0.2, -0.15) is 0 Å². The van der Waals surface area contributed by atoms with Crippen LogP contribution >= 0.6 is 23.1 Å². The molecular weight excluding hydrogens is 500 g/mol. The van der Waals surface area contributed by atoms with E-state index in [2.05, 4.69) is 43.3 Å². The molecular formula is C28H22N6OS2. The number of nitrogens with zero attached hydrogens (tertiary/aromatic N) is 5. The Hall–Kier alpha value is -4.08. The van der Waals surface area contributed by atoms with Gasteiger partial charge < -0.3 is 9.88 Å². The maximum atomic E-state index is 12.6. The first-order valence-corrected chi connectivity index (χ1v) is 13.6. The summed E-state index contributed by atoms with van der Waals surface area (Å²) in [7, 11) is 0. The first-order chi connectivity index (χ1) is 18.1. The van der Waals surface area contributed by atoms with Gasteiger partial charge in [-0.05, 0) is 18.6 Å². The Morgan fingerprint density at radius 2 is 1.73 bits per heavy atom. The first-order valence-electron chi connectivity index (χ1n) is 11.7. The maximum Gasteiger partial charge on any atom is 0.236 e. The van der Waals surface area contributed by atoms with Crippen LogP contribution < -0.4 is 5.32 Å². The third-order valence-electron chi connectivity index (χ3n) is 5.97. The molecule has 0 spiro atoms. The monoisotopic (exact) mass is 522 g/mol. The number of rotatable bonds is 7. The number of thiazole rings is 1. The lowest BCUT2D eigenvalue weighted by molar-refractivity contribution is -0.113. The lowest BCUT2D eigenvalue weighted by Gasteiger charge is -2.07. The Labute approximate surface area is 221 Å². The van der Waals surface area contributed by atoms with Crippen LogP contribution in [0.15, 0.2) is 89.4 Å². The smallest absolute Gasteiger partial charge is 0.236 e. The van der Waals surface area contributed by atoms with Crippen molar-refractivity contribution in [1.82, 2.24) is 24.7 Å². The third kappa shape index (κ3) is 4.96. The minimum atomic E-state index is -0.164. The van der Waals surface area contributed by atoms with Gasteiger partial charge in [-0.15, -0.1) is 21.5 Å². The van der Waals surface area contributed by atoms with Gasteiger partial charge in [-0.3, -0.25) is 4.79 Å². The lowest BCUT2D eigenvalue weighted by atomic mass is 10.1. The van der Waals surface area contributed by atoms with Crippen molar-refractivity contribution in [3.63, 3.8) is 0 Å². The Morgan fingerprint density at radius 3 is 2.57 bits per heavy atom. The van der Waals surface area contributed by atoms with E-state index in [1.165, 1.54) is 34.2 Å². The fourth-order valence-electron chi connectivity index (χ4n) is 4.15. The maximum absolute atomic E-state index is 12.6. The zero-order chi connectivity index (χ0) is 25.2. The molecule has 1 amide bonds. The summed E-state index contributed by atoms with van der Waals surface area (Å²) in [6, 6.07) is 26.5. The van der Waals surface area contributed by atoms with E-state index in [1.807, 2.05) is 73.0 Å². The summed E-state index contributed by atoms with van der Waals surface area (Å²) in [4.78, 5) is 22.0. The molecule has 7 nitrogen and oxygen atoms in total. The molecule has 0 aliphatic rings. The Balaban J connectivity index is 1.19. The van der Waals surface area contributed by atoms with Crippen molar-refractivity contribution in [2.75, 3.05) is 11.1 Å². The zero-order valence-corrected chi connectivity index (χ0v) is 21.6. The summed E-state index contributed by atoms with van der Waals surface area (Å²) in [5.41, 5.74) is 6.80. The molecule has 1 N–H and O–H groups in total. The third-order valence-corrected chi connectivity index (χ3v) is 7.56. The summed E-state index contributed by atoms with van der Waals surface area (Å²) < 4.78 is 2.15. The van der Waals surface area contributed by atoms with Gasteiger partial charge in [0.15, 0.2) is 10.8 Å². The van der Waals surface area contributed by atoms with Crippen molar-refractivity contribution in [2.24, 2.45) is 0 Å². The quantitative estimate of drug-likeness (QED) is 0.252. The van der Waals surface area contributed by atoms with Gasteiger partial charge in [0.1, 0.15) is 5.52 Å². The van der Waals surface area contributed by atoms with E-state index >= 15 is 0 Å². The summed E-state index contributed by atoms with van der Waals surface area (Å²) in [6.07, 6.45) is 0. The minimum Gasteiger partial charge on any atom is -0.319 e. The molecule has 0 saturated carbocycles. The van der Waals surface area contributed by atoms with Crippen molar-refractivity contribution >= 4 is 56.2 Å². The molecule has 9 heteroatoms. The van der Waals surface area contributed by atoms with E-state index in [9.17, 15) is 4.79 Å². The molecule has 0 radical (unpaired) electrons. The molecule has 3 aromatic heterocycles. The van der Waals surface area contributed by atoms with Crippen LogP contribution in [0, 0.1) is 6.92 Å². The summed E-state index contributed by atoms with van der Waals surface area (Å²) >= 11 is 2.67. The highest BCUT2D eigenvalue weighted by Gasteiger charge is 2.16. The summed E-state index contributed by atoms with van der Waals surface area (Å²) in [5, 5.41) is 15.6. The number of para-hydroxylation sites is 1. The molecule has 3 heterocycles. The topological polar surface area (TPSA) is 85.6 Å². The van der Waals surface area contributed by atoms with Crippen LogP contribution in [0.3, 0.4) is 0 Å². The molecule has 37 heavy (non-hydrogen) atoms. The number of thioether (sulfide) groups is 1. The Kier molecular flexibility index (Phi) is 6.38. The normalized spacial score (nSPS) is 11.3. The number of benzene rings is 3. The van der Waals surface area contributed by atoms with Crippen LogP contribution in [0.25, 0.3) is 33.3 Å². The standard InChI is InChI=1S/C28H22N6OS2/c1-18-11-13-20(14-12-18)22-16-36-27(29-22)30-24(35)17-37-28-31-26-25(32-33-28)21-9-5-6-10-23(21)34(26)15-19-7-3-2-4-8-19/h2-14,16H,15,17H2,1H3,(H,29,30,35). The first kappa shape index (κ1) is 23.3. The number of aromatic nitrogens is 5. The van der Waals surface area contributed by atoms with Gasteiger partial charge in [0, 0.05) is 22.9 Å². The van der Waals surface area contributed by atoms with Crippen LogP contribution in [-0.4, -0.2) is 36.4 Å². The number of carbonyl (C=O) groups excluding carboxylic acids is 1. The van der Waals surface area contributed by atoms with Gasteiger partial charge in [0.25, 0.3) is 0 Å². The van der Waals surface area contributed by atoms with E-state index in [4.69, 9.17) is 4.98 Å². The number of amides is 1. The van der Waals surface area contributed by atoms with Gasteiger partial charge in [0.2, 0.25) is 11.1 Å². The second kappa shape index (κ2) is 10.1. The van der Waals surface area contributed by atoms with Crippen LogP contribution in [0.5, 0.6) is 0 Å². The van der Waals surface area contributed by atoms with Crippen LogP contribution in [0.1, 0.15) is 11.1 Å². The number of anilines is 1. The van der Waals surface area contributed by atoms with E-state index in [1.54, 1.807) is 0 Å². The van der Waals surface area contributed by atoms with E-state index in [0.717, 1.165) is 33.3 Å². The van der Waals surface area contributed by atoms with Gasteiger partial charge in [0.05, 0.1) is 17.0 Å². The van der Waals surface area contributed by atoms with Gasteiger partial charge >= 0.3 is 0 Å². The molecule has 0 aliphatic carbocycles. The fraction of sp³-hybridized carbons (Fsp3) is 0.107. The summed E-state index contributed by atoms with van der Waals surface area (Å²) in [5.74, 6) is -0.00530. The molecule has 182 valence electrons. The van der Waals surface area contributed by atoms with Crippen molar-refractivity contribution < 1.29 is 4.79 Å². The molecule has 0 fully saturated rings. The lowest BCUT2D eigenvalue weighted by Crippen LogP contribution is -2.14. The van der Waals surface area contributed by atoms with E-state index in [0.29, 0.717) is 16.8 Å². The fourth-order valence-corrected chi connectivity index (χ4v) is 5.47. The van der Waals surface area contributed by atoms with Crippen molar-refractivity contribution in [3.8, 4) is 11.3 Å². The second-order valence-electron chi connectivity index (χ2n) is 8.60. The molecule has 6 aromatic rings. The number of fused-ring (bicyclic) bond motifs is 3. The van der Waals surface area contributed by atoms with Crippen molar-refractivity contribution in [1.29, 1.82) is 0 Å². The molecule has 3 aromatic carbocycles. The predicted octanol–water partition coefficient (Wildman–Crippen LogP) is 6.19. The number of nitrogens with one attached hydrogen (secondary N) is 1. The number of hydrogen-bond acceptors (Lipinski definition) is 7. The Bertz CT molecular complexity index is 1710. The van der Waals surface area contributed by atoms with Crippen molar-refractivity contribution in [3.05, 3.63) is 95.4 Å². The average Bonchev–Trinajstić information content (AvgIpc) is 3.51. The van der Waals surface area contributed by atoms with E-state index < -0.39 is 0 Å². The largest absolute Gasteiger partial charge is 0.319 e. The number of aryl methyl sites for hydroxylation is 1. The zero-order valence-electron chi connectivity index (χ0n) is 20.0. The molecule has 0 saturated heterocycles. The molecule has 0 bridgehead atoms. The SMILES string of the molecule is Cc1ccc(-c2csc(NC(=O)CSc3nnc4c5ccccc5n(Cc5ccccc5)c4n3)n2)cc1. The molecule has 0 aliphatic heterocycles. The van der Waals surface area contributed by atoms with Crippen molar-refractivity contribution in [2.45, 2.75) is 18.6 Å². The van der Waals surface area contributed by atoms with Crippen LogP contribution in [0.4, 0.5) is 5.13 Å². The molecule has 0 atom stereocenters. The Morgan fingerprint density at radius 1 is 0.946 bits per heavy atom. The second-order valence-corrected chi connectivity index (χ2v) is 10.4. The van der Waals surface area contributed by atoms with Crippen LogP contribution in [0.2, 0.25) is 0 Å². The number of hydrogen-bond donors (Lipinski definition) is 1. The summed E-state index contributed by atoms with van der Waals surface area (Å²) in [6.45, 7) is 2.72. The highest BCUT2D eigenvalue weighted by atomic mass is 32.2. The van der Waals surface area contributed by atoms with Crippen LogP contribution in [-0.2, 0) is 11.3 Å². The van der Waals surface area contributed by atoms with E-state index in [-0.39, 0.29) is 11.7 Å². The van der Waals surface area contributed by atoms with Gasteiger partial charge in [-0.1, -0.05) is 90.1 Å². The molecule has 0 unspecified atom stereocenters. The molecule has 6 rings (SSSR count). The minimum absolute atomic E-state index is 0.158. The predicted molar refractivity (Wildman–Crippen MR) is 150 cm³/mol. The highest BCUT2D eigenvalue weighted by Crippen LogP contribution is 2.29.